The van der Waals surface area contributed by atoms with Crippen LogP contribution in [0.1, 0.15) is 12.8 Å². The largest absolute Gasteiger partial charge is 0.299 e. The molecule has 1 rings (SSSR count). The van der Waals surface area contributed by atoms with Crippen molar-refractivity contribution in [3.8, 4) is 0 Å². The smallest absolute Gasteiger partial charge is 0.149 e. The fourth-order valence-corrected chi connectivity index (χ4v) is 0.814. The van der Waals surface area contributed by atoms with Gasteiger partial charge in [0.2, 0.25) is 0 Å². The Balaban J connectivity index is 2.59. The van der Waals surface area contributed by atoms with E-state index in [2.05, 4.69) is 4.94 Å². The molecule has 0 aromatic heterocycles. The first-order valence-corrected chi connectivity index (χ1v) is 3.04. The SMILES string of the molecule is FOC1=CC=C(Cl)CC1. The van der Waals surface area contributed by atoms with Crippen molar-refractivity contribution in [2.75, 3.05) is 0 Å². The van der Waals surface area contributed by atoms with Gasteiger partial charge in [0.1, 0.15) is 5.76 Å². The zero-order valence-corrected chi connectivity index (χ0v) is 5.49. The van der Waals surface area contributed by atoms with Crippen LogP contribution in [0.5, 0.6) is 0 Å². The van der Waals surface area contributed by atoms with E-state index in [1.807, 2.05) is 0 Å². The molecule has 0 bridgehead atoms. The molecule has 9 heavy (non-hydrogen) atoms. The van der Waals surface area contributed by atoms with Crippen LogP contribution in [0.25, 0.3) is 0 Å². The van der Waals surface area contributed by atoms with Gasteiger partial charge in [-0.2, -0.15) is 0 Å². The number of hydrogen-bond donors (Lipinski definition) is 0. The summed E-state index contributed by atoms with van der Waals surface area (Å²) in [7, 11) is 0. The van der Waals surface area contributed by atoms with E-state index in [0.29, 0.717) is 18.6 Å². The molecule has 0 radical (unpaired) electrons. The molecule has 0 heterocycles. The van der Waals surface area contributed by atoms with Crippen LogP contribution in [-0.4, -0.2) is 0 Å². The van der Waals surface area contributed by atoms with Crippen LogP contribution in [-0.2, 0) is 4.94 Å². The number of rotatable bonds is 1. The lowest BCUT2D eigenvalue weighted by molar-refractivity contribution is -0.0869. The summed E-state index contributed by atoms with van der Waals surface area (Å²) in [6.45, 7) is 0. The third kappa shape index (κ3) is 1.72. The Morgan fingerprint density at radius 3 is 2.67 bits per heavy atom. The molecule has 3 heteroatoms. The second kappa shape index (κ2) is 2.87. The molecule has 0 aliphatic heterocycles. The normalized spacial score (nSPS) is 18.4. The van der Waals surface area contributed by atoms with E-state index in [-0.39, 0.29) is 0 Å². The van der Waals surface area contributed by atoms with Crippen LogP contribution < -0.4 is 0 Å². The molecule has 0 atom stereocenters. The van der Waals surface area contributed by atoms with E-state index in [4.69, 9.17) is 11.6 Å². The summed E-state index contributed by atoms with van der Waals surface area (Å²) >= 11 is 5.58. The Labute approximate surface area is 57.7 Å². The van der Waals surface area contributed by atoms with Gasteiger partial charge in [-0.3, -0.25) is 4.94 Å². The Morgan fingerprint density at radius 1 is 1.44 bits per heavy atom. The van der Waals surface area contributed by atoms with Crippen molar-refractivity contribution in [3.63, 3.8) is 0 Å². The molecule has 0 spiro atoms. The summed E-state index contributed by atoms with van der Waals surface area (Å²) < 4.78 is 11.4. The molecule has 1 aliphatic carbocycles. The van der Waals surface area contributed by atoms with Crippen molar-refractivity contribution in [1.29, 1.82) is 0 Å². The van der Waals surface area contributed by atoms with Gasteiger partial charge in [-0.1, -0.05) is 11.6 Å². The standard InChI is InChI=1S/C6H6ClFO/c7-5-1-3-6(9-8)4-2-5/h1,3H,2,4H2. The first-order chi connectivity index (χ1) is 4.33. The minimum absolute atomic E-state index is 0.347. The Morgan fingerprint density at radius 2 is 2.22 bits per heavy atom. The molecule has 0 N–H and O–H groups in total. The van der Waals surface area contributed by atoms with Crippen molar-refractivity contribution in [1.82, 2.24) is 0 Å². The topological polar surface area (TPSA) is 9.23 Å². The predicted octanol–water partition coefficient (Wildman–Crippen LogP) is 2.69. The highest BCUT2D eigenvalue weighted by molar-refractivity contribution is 6.29. The Bertz CT molecular complexity index is 162. The summed E-state index contributed by atoms with van der Waals surface area (Å²) in [4.78, 5) is 3.50. The molecule has 1 aliphatic rings. The van der Waals surface area contributed by atoms with Crippen molar-refractivity contribution in [2.24, 2.45) is 0 Å². The fourth-order valence-electron chi connectivity index (χ4n) is 0.657. The van der Waals surface area contributed by atoms with Crippen molar-refractivity contribution in [3.05, 3.63) is 22.9 Å². The molecule has 0 amide bonds. The van der Waals surface area contributed by atoms with Crippen LogP contribution in [0.3, 0.4) is 0 Å². The van der Waals surface area contributed by atoms with Gasteiger partial charge in [0.05, 0.1) is 0 Å². The van der Waals surface area contributed by atoms with Crippen LogP contribution in [0, 0.1) is 0 Å². The van der Waals surface area contributed by atoms with Gasteiger partial charge >= 0.3 is 0 Å². The molecule has 0 saturated heterocycles. The van der Waals surface area contributed by atoms with Crippen LogP contribution in [0.15, 0.2) is 22.9 Å². The first kappa shape index (κ1) is 6.62. The molecule has 0 unspecified atom stereocenters. The highest BCUT2D eigenvalue weighted by Gasteiger charge is 2.04. The maximum atomic E-state index is 11.4. The predicted molar refractivity (Wildman–Crippen MR) is 33.4 cm³/mol. The molecule has 0 aromatic rings. The van der Waals surface area contributed by atoms with Crippen LogP contribution >= 0.6 is 11.6 Å². The third-order valence-corrected chi connectivity index (χ3v) is 1.47. The minimum atomic E-state index is 0.347. The van der Waals surface area contributed by atoms with Crippen molar-refractivity contribution < 1.29 is 9.47 Å². The zero-order valence-electron chi connectivity index (χ0n) is 4.73. The second-order valence-corrected chi connectivity index (χ2v) is 2.31. The lowest BCUT2D eigenvalue weighted by Gasteiger charge is -2.04. The lowest BCUT2D eigenvalue weighted by Crippen LogP contribution is -1.88. The summed E-state index contributed by atoms with van der Waals surface area (Å²) in [5.41, 5.74) is 0. The van der Waals surface area contributed by atoms with Gasteiger partial charge in [0.15, 0.2) is 0 Å². The summed E-state index contributed by atoms with van der Waals surface area (Å²) in [6, 6.07) is 0. The first-order valence-electron chi connectivity index (χ1n) is 2.67. The van der Waals surface area contributed by atoms with E-state index in [1.165, 1.54) is 6.08 Å². The summed E-state index contributed by atoms with van der Waals surface area (Å²) in [5, 5.41) is 0.746. The van der Waals surface area contributed by atoms with Gasteiger partial charge in [0, 0.05) is 16.0 Å². The van der Waals surface area contributed by atoms with Crippen LogP contribution in [0.2, 0.25) is 0 Å². The number of halogens is 2. The molecule has 0 fully saturated rings. The average Bonchev–Trinajstić information content (AvgIpc) is 1.90. The van der Waals surface area contributed by atoms with E-state index in [1.54, 1.807) is 6.08 Å². The second-order valence-electron chi connectivity index (χ2n) is 1.82. The Hall–Kier alpha value is -0.500. The molecule has 1 nitrogen and oxygen atoms in total. The maximum Gasteiger partial charge on any atom is 0.149 e. The number of allylic oxidation sites excluding steroid dienone is 4. The monoisotopic (exact) mass is 148 g/mol. The van der Waals surface area contributed by atoms with Crippen LogP contribution in [0.4, 0.5) is 4.53 Å². The van der Waals surface area contributed by atoms with E-state index < -0.39 is 0 Å². The van der Waals surface area contributed by atoms with Crippen molar-refractivity contribution in [2.45, 2.75) is 12.8 Å². The highest BCUT2D eigenvalue weighted by atomic mass is 35.5. The quantitative estimate of drug-likeness (QED) is 0.556. The fraction of sp³-hybridized carbons (Fsp3) is 0.333. The Kier molecular flexibility index (Phi) is 2.11. The third-order valence-electron chi connectivity index (χ3n) is 1.16. The molecular weight excluding hydrogens is 143 g/mol. The van der Waals surface area contributed by atoms with E-state index in [0.717, 1.165) is 5.03 Å². The zero-order chi connectivity index (χ0) is 6.69. The maximum absolute atomic E-state index is 11.4. The lowest BCUT2D eigenvalue weighted by atomic mass is 10.2. The number of hydrogen-bond acceptors (Lipinski definition) is 1. The van der Waals surface area contributed by atoms with E-state index in [9.17, 15) is 4.53 Å². The van der Waals surface area contributed by atoms with E-state index >= 15 is 0 Å². The summed E-state index contributed by atoms with van der Waals surface area (Å²) in [6.07, 6.45) is 4.41. The average molecular weight is 149 g/mol. The van der Waals surface area contributed by atoms with Crippen molar-refractivity contribution >= 4 is 11.6 Å². The van der Waals surface area contributed by atoms with Gasteiger partial charge in [-0.25, -0.2) is 0 Å². The molecule has 0 aromatic carbocycles. The van der Waals surface area contributed by atoms with Gasteiger partial charge in [-0.05, 0) is 18.6 Å². The van der Waals surface area contributed by atoms with Gasteiger partial charge < -0.3 is 0 Å². The minimum Gasteiger partial charge on any atom is -0.299 e. The molecule has 50 valence electrons. The molecule has 0 saturated carbocycles. The summed E-state index contributed by atoms with van der Waals surface area (Å²) in [5.74, 6) is 0.347. The molecular formula is C6H6ClFO. The van der Waals surface area contributed by atoms with Gasteiger partial charge in [-0.15, -0.1) is 0 Å². The van der Waals surface area contributed by atoms with Gasteiger partial charge in [0.25, 0.3) is 0 Å². The highest BCUT2D eigenvalue weighted by Crippen LogP contribution is 2.21.